The zero-order chi connectivity index (χ0) is 14.0. The summed E-state index contributed by atoms with van der Waals surface area (Å²) in [6.07, 6.45) is 1.72. The van der Waals surface area contributed by atoms with E-state index in [9.17, 15) is 8.42 Å². The number of rotatable bonds is 3. The number of likely N-dealkylation sites (tertiary alicyclic amines) is 1. The second-order valence-electron chi connectivity index (χ2n) is 5.35. The van der Waals surface area contributed by atoms with Crippen LogP contribution in [-0.4, -0.2) is 37.7 Å². The molecular weight excluding hydrogens is 326 g/mol. The van der Waals surface area contributed by atoms with Gasteiger partial charge in [0.05, 0.1) is 10.1 Å². The molecule has 0 radical (unpaired) electrons. The normalized spacial score (nSPS) is 21.8. The van der Waals surface area contributed by atoms with E-state index in [1.165, 1.54) is 0 Å². The van der Waals surface area contributed by atoms with E-state index in [1.807, 2.05) is 0 Å². The Kier molecular flexibility index (Phi) is 4.69. The molecule has 0 saturated carbocycles. The third-order valence-corrected chi connectivity index (χ3v) is 6.44. The van der Waals surface area contributed by atoms with Crippen molar-refractivity contribution in [3.8, 4) is 0 Å². The highest BCUT2D eigenvalue weighted by Crippen LogP contribution is 2.25. The zero-order valence-electron chi connectivity index (χ0n) is 11.3. The first-order valence-corrected chi connectivity index (χ1v) is 8.98. The average Bonchev–Trinajstić information content (AvgIpc) is 2.39. The molecule has 19 heavy (non-hydrogen) atoms. The number of sulfone groups is 1. The Morgan fingerprint density at radius 1 is 1.26 bits per heavy atom. The summed E-state index contributed by atoms with van der Waals surface area (Å²) in [6, 6.07) is 7.36. The van der Waals surface area contributed by atoms with Crippen molar-refractivity contribution in [2.24, 2.45) is 0 Å². The standard InChI is InChI=1S/C14H20BrNO2S/c1-11(2)16-9-3-4-14(10-16)19(17,18)13-7-5-12(15)6-8-13/h5-8,11,14H,3-4,9-10H2,1-2H3. The second kappa shape index (κ2) is 5.94. The molecule has 0 spiro atoms. The second-order valence-corrected chi connectivity index (χ2v) is 8.50. The maximum atomic E-state index is 12.6. The number of piperidine rings is 1. The van der Waals surface area contributed by atoms with Crippen molar-refractivity contribution in [3.05, 3.63) is 28.7 Å². The molecule has 1 aromatic rings. The van der Waals surface area contributed by atoms with Gasteiger partial charge in [-0.15, -0.1) is 0 Å². The van der Waals surface area contributed by atoms with Crippen molar-refractivity contribution >= 4 is 25.8 Å². The van der Waals surface area contributed by atoms with Crippen molar-refractivity contribution < 1.29 is 8.42 Å². The summed E-state index contributed by atoms with van der Waals surface area (Å²) in [5.41, 5.74) is 0. The summed E-state index contributed by atoms with van der Waals surface area (Å²) in [6.45, 7) is 5.89. The molecular formula is C14H20BrNO2S. The van der Waals surface area contributed by atoms with Crippen LogP contribution in [0.25, 0.3) is 0 Å². The third kappa shape index (κ3) is 3.38. The van der Waals surface area contributed by atoms with Crippen LogP contribution in [0.15, 0.2) is 33.6 Å². The summed E-state index contributed by atoms with van der Waals surface area (Å²) >= 11 is 3.33. The van der Waals surface area contributed by atoms with Crippen LogP contribution in [-0.2, 0) is 9.84 Å². The van der Waals surface area contributed by atoms with E-state index in [1.54, 1.807) is 24.3 Å². The fourth-order valence-corrected chi connectivity index (χ4v) is 4.53. The molecule has 2 rings (SSSR count). The van der Waals surface area contributed by atoms with Crippen LogP contribution in [0.4, 0.5) is 0 Å². The fraction of sp³-hybridized carbons (Fsp3) is 0.571. The lowest BCUT2D eigenvalue weighted by atomic mass is 10.1. The molecule has 1 aromatic carbocycles. The molecule has 1 aliphatic rings. The molecule has 1 aliphatic heterocycles. The van der Waals surface area contributed by atoms with Crippen LogP contribution >= 0.6 is 15.9 Å². The van der Waals surface area contributed by atoms with Crippen LogP contribution in [0.2, 0.25) is 0 Å². The van der Waals surface area contributed by atoms with Crippen molar-refractivity contribution in [1.82, 2.24) is 4.90 Å². The Hall–Kier alpha value is -0.390. The number of nitrogens with zero attached hydrogens (tertiary/aromatic N) is 1. The topological polar surface area (TPSA) is 37.4 Å². The van der Waals surface area contributed by atoms with Gasteiger partial charge in [0.25, 0.3) is 0 Å². The minimum Gasteiger partial charge on any atom is -0.300 e. The van der Waals surface area contributed by atoms with Crippen molar-refractivity contribution in [1.29, 1.82) is 0 Å². The number of benzene rings is 1. The van der Waals surface area contributed by atoms with Gasteiger partial charge in [0.2, 0.25) is 0 Å². The molecule has 1 saturated heterocycles. The highest BCUT2D eigenvalue weighted by molar-refractivity contribution is 9.10. The number of hydrogen-bond acceptors (Lipinski definition) is 3. The Labute approximate surface area is 124 Å². The first-order valence-electron chi connectivity index (χ1n) is 6.65. The molecule has 0 N–H and O–H groups in total. The van der Waals surface area contributed by atoms with E-state index < -0.39 is 9.84 Å². The van der Waals surface area contributed by atoms with E-state index >= 15 is 0 Å². The fourth-order valence-electron chi connectivity index (χ4n) is 2.51. The SMILES string of the molecule is CC(C)N1CCCC(S(=O)(=O)c2ccc(Br)cc2)C1. The van der Waals surface area contributed by atoms with Crippen molar-refractivity contribution in [2.45, 2.75) is 42.9 Å². The predicted octanol–water partition coefficient (Wildman–Crippen LogP) is 3.10. The maximum absolute atomic E-state index is 12.6. The summed E-state index contributed by atoms with van der Waals surface area (Å²) in [5, 5.41) is -0.273. The van der Waals surface area contributed by atoms with E-state index in [4.69, 9.17) is 0 Å². The van der Waals surface area contributed by atoms with Gasteiger partial charge < -0.3 is 0 Å². The van der Waals surface area contributed by atoms with Crippen LogP contribution in [0.1, 0.15) is 26.7 Å². The first kappa shape index (κ1) is 15.0. The van der Waals surface area contributed by atoms with Gasteiger partial charge in [-0.3, -0.25) is 4.90 Å². The van der Waals surface area contributed by atoms with Crippen molar-refractivity contribution in [2.75, 3.05) is 13.1 Å². The smallest absolute Gasteiger partial charge is 0.182 e. The lowest BCUT2D eigenvalue weighted by Gasteiger charge is -2.35. The Morgan fingerprint density at radius 3 is 2.47 bits per heavy atom. The molecule has 1 atom stereocenters. The third-order valence-electron chi connectivity index (χ3n) is 3.72. The van der Waals surface area contributed by atoms with Crippen LogP contribution in [0.5, 0.6) is 0 Å². The summed E-state index contributed by atoms with van der Waals surface area (Å²) in [5.74, 6) is 0. The summed E-state index contributed by atoms with van der Waals surface area (Å²) in [4.78, 5) is 2.69. The quantitative estimate of drug-likeness (QED) is 0.844. The molecule has 0 aromatic heterocycles. The zero-order valence-corrected chi connectivity index (χ0v) is 13.7. The summed E-state index contributed by atoms with van der Waals surface area (Å²) in [7, 11) is -3.21. The molecule has 0 bridgehead atoms. The lowest BCUT2D eigenvalue weighted by molar-refractivity contribution is 0.186. The molecule has 0 aliphatic carbocycles. The molecule has 1 heterocycles. The maximum Gasteiger partial charge on any atom is 0.182 e. The van der Waals surface area contributed by atoms with Gasteiger partial charge in [-0.05, 0) is 57.5 Å². The molecule has 3 nitrogen and oxygen atoms in total. The van der Waals surface area contributed by atoms with Crippen LogP contribution in [0, 0.1) is 0 Å². The Bertz CT molecular complexity index is 525. The van der Waals surface area contributed by atoms with Gasteiger partial charge in [-0.1, -0.05) is 15.9 Å². The molecule has 106 valence electrons. The van der Waals surface area contributed by atoms with E-state index in [-0.39, 0.29) is 5.25 Å². The Balaban J connectivity index is 2.22. The van der Waals surface area contributed by atoms with Crippen LogP contribution < -0.4 is 0 Å². The first-order chi connectivity index (χ1) is 8.91. The molecule has 5 heteroatoms. The molecule has 1 fully saturated rings. The highest BCUT2D eigenvalue weighted by atomic mass is 79.9. The van der Waals surface area contributed by atoms with Gasteiger partial charge >= 0.3 is 0 Å². The van der Waals surface area contributed by atoms with E-state index in [2.05, 4.69) is 34.7 Å². The molecule has 1 unspecified atom stereocenters. The molecule has 0 amide bonds. The van der Waals surface area contributed by atoms with Gasteiger partial charge in [-0.25, -0.2) is 8.42 Å². The van der Waals surface area contributed by atoms with Gasteiger partial charge in [-0.2, -0.15) is 0 Å². The predicted molar refractivity (Wildman–Crippen MR) is 81.1 cm³/mol. The number of hydrogen-bond donors (Lipinski definition) is 0. The van der Waals surface area contributed by atoms with Crippen molar-refractivity contribution in [3.63, 3.8) is 0 Å². The minimum atomic E-state index is -3.21. The van der Waals surface area contributed by atoms with Gasteiger partial charge in [0.15, 0.2) is 9.84 Å². The Morgan fingerprint density at radius 2 is 1.89 bits per heavy atom. The lowest BCUT2D eigenvalue weighted by Crippen LogP contribution is -2.45. The van der Waals surface area contributed by atoms with Crippen LogP contribution in [0.3, 0.4) is 0 Å². The average molecular weight is 346 g/mol. The van der Waals surface area contributed by atoms with Gasteiger partial charge in [0, 0.05) is 17.1 Å². The van der Waals surface area contributed by atoms with Gasteiger partial charge in [0.1, 0.15) is 0 Å². The number of halogens is 1. The monoisotopic (exact) mass is 345 g/mol. The van der Waals surface area contributed by atoms with E-state index in [0.717, 1.165) is 23.9 Å². The summed E-state index contributed by atoms with van der Waals surface area (Å²) < 4.78 is 26.2. The minimum absolute atomic E-state index is 0.273. The van der Waals surface area contributed by atoms with E-state index in [0.29, 0.717) is 17.5 Å². The highest BCUT2D eigenvalue weighted by Gasteiger charge is 2.32. The largest absolute Gasteiger partial charge is 0.300 e.